The van der Waals surface area contributed by atoms with Crippen LogP contribution in [0, 0.1) is 19.3 Å². The van der Waals surface area contributed by atoms with Crippen LogP contribution in [0.5, 0.6) is 5.75 Å². The number of methoxy groups -OCH3 is 1. The van der Waals surface area contributed by atoms with E-state index >= 15 is 0 Å². The standard InChI is InChI=1S/C15H22O3.C14H20ClNO2.CCl4/c1-11-6-7-12(2)13(10-11)18-9-5-8-15(3,4)14(16)17;1-4-11-7-6-8-12(5-2)14(11)16(10-18-3)13(17)9-15;2-1(3,4)5/h6-7,10H,5,8-9H2,1-4H3,(H,16,17);6-8H,4-5,9-10H2,1-3H3;. The average Bonchev–Trinajstić information content (AvgIpc) is 2.90. The van der Waals surface area contributed by atoms with Gasteiger partial charge in [-0.3, -0.25) is 14.5 Å². The van der Waals surface area contributed by atoms with E-state index in [0.29, 0.717) is 13.0 Å². The van der Waals surface area contributed by atoms with E-state index in [4.69, 9.17) is 72.6 Å². The van der Waals surface area contributed by atoms with Gasteiger partial charge in [-0.05, 0) is 81.7 Å². The lowest BCUT2D eigenvalue weighted by Crippen LogP contribution is -2.35. The normalized spacial score (nSPS) is 11.0. The Hall–Kier alpha value is -1.41. The van der Waals surface area contributed by atoms with E-state index in [1.54, 1.807) is 25.9 Å². The van der Waals surface area contributed by atoms with Crippen LogP contribution in [-0.2, 0) is 27.2 Å². The molecule has 0 unspecified atom stereocenters. The zero-order valence-electron chi connectivity index (χ0n) is 24.8. The maximum absolute atomic E-state index is 12.0. The molecule has 41 heavy (non-hydrogen) atoms. The molecular formula is C30H42Cl5NO5. The lowest BCUT2D eigenvalue weighted by Gasteiger charge is -2.26. The van der Waals surface area contributed by atoms with Gasteiger partial charge in [-0.25, -0.2) is 0 Å². The molecule has 0 heterocycles. The van der Waals surface area contributed by atoms with Gasteiger partial charge in [-0.1, -0.05) is 90.6 Å². The number of aryl methyl sites for hydroxylation is 4. The number of ether oxygens (including phenoxy) is 2. The van der Waals surface area contributed by atoms with Crippen molar-refractivity contribution in [2.24, 2.45) is 5.41 Å². The minimum absolute atomic E-state index is 0.0371. The molecular weight excluding hydrogens is 632 g/mol. The number of para-hydroxylation sites is 1. The topological polar surface area (TPSA) is 76.1 Å². The number of amides is 1. The second kappa shape index (κ2) is 19.7. The molecule has 2 aromatic carbocycles. The van der Waals surface area contributed by atoms with Crippen molar-refractivity contribution in [3.05, 3.63) is 58.7 Å². The van der Waals surface area contributed by atoms with Crippen molar-refractivity contribution in [2.75, 3.05) is 31.2 Å². The summed E-state index contributed by atoms with van der Waals surface area (Å²) in [6.07, 6.45) is 3.11. The number of rotatable bonds is 12. The molecule has 0 aromatic heterocycles. The van der Waals surface area contributed by atoms with E-state index in [2.05, 4.69) is 19.9 Å². The molecule has 0 atom stereocenters. The van der Waals surface area contributed by atoms with E-state index < -0.39 is 14.6 Å². The molecule has 1 amide bonds. The molecule has 0 bridgehead atoms. The van der Waals surface area contributed by atoms with Gasteiger partial charge >= 0.3 is 5.97 Å². The van der Waals surface area contributed by atoms with Crippen LogP contribution in [-0.4, -0.2) is 46.6 Å². The molecule has 0 radical (unpaired) electrons. The monoisotopic (exact) mass is 671 g/mol. The predicted octanol–water partition coefficient (Wildman–Crippen LogP) is 9.11. The van der Waals surface area contributed by atoms with Gasteiger partial charge in [0.15, 0.2) is 0 Å². The zero-order valence-corrected chi connectivity index (χ0v) is 28.6. The van der Waals surface area contributed by atoms with E-state index in [1.807, 2.05) is 44.2 Å². The zero-order chi connectivity index (χ0) is 31.8. The lowest BCUT2D eigenvalue weighted by molar-refractivity contribution is -0.147. The number of carbonyl (C=O) groups is 2. The highest BCUT2D eigenvalue weighted by Crippen LogP contribution is 2.30. The largest absolute Gasteiger partial charge is 0.493 e. The molecule has 1 N–H and O–H groups in total. The highest BCUT2D eigenvalue weighted by atomic mass is 35.6. The van der Waals surface area contributed by atoms with E-state index in [-0.39, 0.29) is 18.5 Å². The summed E-state index contributed by atoms with van der Waals surface area (Å²) in [5.41, 5.74) is 4.84. The summed E-state index contributed by atoms with van der Waals surface area (Å²) in [4.78, 5) is 24.5. The van der Waals surface area contributed by atoms with Crippen LogP contribution in [0.15, 0.2) is 36.4 Å². The first-order valence-electron chi connectivity index (χ1n) is 13.2. The molecule has 232 valence electrons. The Balaban J connectivity index is 0.000000671. The molecule has 6 nitrogen and oxygen atoms in total. The van der Waals surface area contributed by atoms with E-state index in [9.17, 15) is 9.59 Å². The van der Waals surface area contributed by atoms with Crippen molar-refractivity contribution >= 4 is 75.6 Å². The van der Waals surface area contributed by atoms with Crippen molar-refractivity contribution in [3.8, 4) is 5.75 Å². The number of hydrogen-bond acceptors (Lipinski definition) is 4. The highest BCUT2D eigenvalue weighted by molar-refractivity contribution is 6.83. The van der Waals surface area contributed by atoms with Gasteiger partial charge in [0, 0.05) is 7.11 Å². The molecule has 0 fully saturated rings. The average molecular weight is 674 g/mol. The fraction of sp³-hybridized carbons (Fsp3) is 0.533. The Labute approximate surface area is 270 Å². The third kappa shape index (κ3) is 16.1. The van der Waals surface area contributed by atoms with Crippen molar-refractivity contribution in [3.63, 3.8) is 0 Å². The number of carbonyl (C=O) groups excluding carboxylic acids is 1. The van der Waals surface area contributed by atoms with Crippen LogP contribution < -0.4 is 9.64 Å². The van der Waals surface area contributed by atoms with Crippen LogP contribution in [0.3, 0.4) is 0 Å². The number of anilines is 1. The van der Waals surface area contributed by atoms with Gasteiger partial charge in [0.2, 0.25) is 5.91 Å². The first kappa shape index (κ1) is 39.6. The predicted molar refractivity (Wildman–Crippen MR) is 173 cm³/mol. The van der Waals surface area contributed by atoms with Crippen LogP contribution in [0.25, 0.3) is 0 Å². The minimum atomic E-state index is -1.61. The van der Waals surface area contributed by atoms with Crippen LogP contribution in [0.1, 0.15) is 62.8 Å². The van der Waals surface area contributed by atoms with Crippen molar-refractivity contribution < 1.29 is 24.2 Å². The summed E-state index contributed by atoms with van der Waals surface area (Å²) in [7, 11) is 1.58. The summed E-state index contributed by atoms with van der Waals surface area (Å²) >= 11 is 25.0. The summed E-state index contributed by atoms with van der Waals surface area (Å²) in [6, 6.07) is 12.2. The maximum Gasteiger partial charge on any atom is 0.309 e. The molecule has 0 saturated carbocycles. The molecule has 2 rings (SSSR count). The number of carboxylic acid groups (broad SMARTS) is 1. The molecule has 0 aliphatic carbocycles. The maximum atomic E-state index is 12.0. The summed E-state index contributed by atoms with van der Waals surface area (Å²) in [5.74, 6) is -0.0311. The number of alkyl halides is 5. The Kier molecular flexibility index (Phi) is 19.0. The summed E-state index contributed by atoms with van der Waals surface area (Å²) < 4.78 is 9.22. The lowest BCUT2D eigenvalue weighted by atomic mass is 9.88. The number of halogens is 5. The molecule has 11 heteroatoms. The number of aliphatic carboxylic acids is 1. The fourth-order valence-corrected chi connectivity index (χ4v) is 3.83. The van der Waals surface area contributed by atoms with Crippen LogP contribution in [0.2, 0.25) is 0 Å². The van der Waals surface area contributed by atoms with Gasteiger partial charge in [0.05, 0.1) is 17.7 Å². The number of hydrogen-bond donors (Lipinski definition) is 1. The molecule has 0 saturated heterocycles. The minimum Gasteiger partial charge on any atom is -0.493 e. The summed E-state index contributed by atoms with van der Waals surface area (Å²) in [5, 5.41) is 9.00. The second-order valence-electron chi connectivity index (χ2n) is 9.84. The summed E-state index contributed by atoms with van der Waals surface area (Å²) in [6.45, 7) is 12.5. The SMILES string of the molecule is CCc1cccc(CC)c1N(COC)C(=O)CCl.Cc1ccc(C)c(OCCCC(C)(C)C(=O)O)c1.ClC(Cl)(Cl)Cl. The van der Waals surface area contributed by atoms with E-state index in [1.165, 1.54) is 5.56 Å². The van der Waals surface area contributed by atoms with Gasteiger partial charge in [-0.15, -0.1) is 11.6 Å². The molecule has 0 aliphatic rings. The number of nitrogens with zero attached hydrogens (tertiary/aromatic N) is 1. The Morgan fingerprint density at radius 2 is 1.51 bits per heavy atom. The third-order valence-electron chi connectivity index (χ3n) is 6.03. The number of carboxylic acids is 1. The Morgan fingerprint density at radius 1 is 0.976 bits per heavy atom. The van der Waals surface area contributed by atoms with Gasteiger partial charge in [-0.2, -0.15) is 0 Å². The highest BCUT2D eigenvalue weighted by Gasteiger charge is 2.26. The smallest absolute Gasteiger partial charge is 0.309 e. The van der Waals surface area contributed by atoms with Crippen LogP contribution in [0.4, 0.5) is 5.69 Å². The quantitative estimate of drug-likeness (QED) is 0.138. The van der Waals surface area contributed by atoms with E-state index in [0.717, 1.165) is 47.4 Å². The second-order valence-corrected chi connectivity index (χ2v) is 13.5. The molecule has 0 spiro atoms. The van der Waals surface area contributed by atoms with Crippen molar-refractivity contribution in [2.45, 2.75) is 70.5 Å². The van der Waals surface area contributed by atoms with Gasteiger partial charge in [0.25, 0.3) is 3.25 Å². The fourth-order valence-electron chi connectivity index (χ4n) is 3.69. The van der Waals surface area contributed by atoms with Gasteiger partial charge in [0.1, 0.15) is 18.4 Å². The first-order valence-corrected chi connectivity index (χ1v) is 15.2. The number of benzene rings is 2. The molecule has 2 aromatic rings. The van der Waals surface area contributed by atoms with Crippen LogP contribution >= 0.6 is 58.0 Å². The van der Waals surface area contributed by atoms with Crippen molar-refractivity contribution in [1.82, 2.24) is 0 Å². The Bertz CT molecular complexity index is 1060. The van der Waals surface area contributed by atoms with Gasteiger partial charge < -0.3 is 14.6 Å². The third-order valence-corrected chi connectivity index (χ3v) is 6.26. The molecule has 0 aliphatic heterocycles. The Morgan fingerprint density at radius 3 is 1.95 bits per heavy atom. The first-order chi connectivity index (χ1) is 19.0. The van der Waals surface area contributed by atoms with Crippen molar-refractivity contribution in [1.29, 1.82) is 0 Å².